The lowest BCUT2D eigenvalue weighted by molar-refractivity contribution is 0.139. The van der Waals surface area contributed by atoms with E-state index in [0.29, 0.717) is 0 Å². The molecule has 0 bridgehead atoms. The molecule has 0 fully saturated rings. The van der Waals surface area contributed by atoms with E-state index in [1.807, 2.05) is 0 Å². The minimum Gasteiger partial charge on any atom is -0.333 e. The summed E-state index contributed by atoms with van der Waals surface area (Å²) in [5.41, 5.74) is 4.50. The fraction of sp³-hybridized carbons (Fsp3) is 1.00. The standard InChI is InChI=1S/C4H11O4P.CH5N/c1-4(2)8-9(5,6)7-3;1-2/h4H,1-3H3,(H,5,6);2H2,1H3. The quantitative estimate of drug-likeness (QED) is 0.633. The molecule has 0 aromatic rings. The van der Waals surface area contributed by atoms with E-state index in [1.54, 1.807) is 13.8 Å². The lowest BCUT2D eigenvalue weighted by Gasteiger charge is -2.10. The summed E-state index contributed by atoms with van der Waals surface area (Å²) in [5.74, 6) is 0. The Morgan fingerprint density at radius 1 is 1.45 bits per heavy atom. The van der Waals surface area contributed by atoms with Crippen molar-refractivity contribution in [2.45, 2.75) is 20.0 Å². The molecule has 0 saturated carbocycles. The van der Waals surface area contributed by atoms with Crippen LogP contribution < -0.4 is 5.73 Å². The molecule has 0 aliphatic carbocycles. The Hall–Kier alpha value is 0.0700. The molecular weight excluding hydrogens is 169 g/mol. The van der Waals surface area contributed by atoms with Crippen LogP contribution in [0, 0.1) is 0 Å². The van der Waals surface area contributed by atoms with Crippen LogP contribution in [0.4, 0.5) is 0 Å². The Labute approximate surface area is 67.1 Å². The molecule has 0 radical (unpaired) electrons. The summed E-state index contributed by atoms with van der Waals surface area (Å²) in [6.45, 7) is 3.31. The summed E-state index contributed by atoms with van der Waals surface area (Å²) in [7, 11) is -1.10. The van der Waals surface area contributed by atoms with Gasteiger partial charge in [-0.3, -0.25) is 9.05 Å². The Balaban J connectivity index is 0. The lowest BCUT2D eigenvalue weighted by Crippen LogP contribution is -2.00. The molecule has 70 valence electrons. The maximum Gasteiger partial charge on any atom is 0.472 e. The third-order valence-electron chi connectivity index (χ3n) is 0.575. The monoisotopic (exact) mass is 185 g/mol. The Bertz CT molecular complexity index is 128. The highest BCUT2D eigenvalue weighted by molar-refractivity contribution is 7.47. The lowest BCUT2D eigenvalue weighted by atomic mass is 10.5. The molecule has 0 saturated heterocycles. The van der Waals surface area contributed by atoms with Gasteiger partial charge >= 0.3 is 7.82 Å². The minimum absolute atomic E-state index is 0.291. The topological polar surface area (TPSA) is 81.8 Å². The van der Waals surface area contributed by atoms with Crippen molar-refractivity contribution in [2.75, 3.05) is 14.2 Å². The van der Waals surface area contributed by atoms with Gasteiger partial charge in [0.15, 0.2) is 0 Å². The molecule has 1 atom stereocenters. The molecule has 3 N–H and O–H groups in total. The smallest absolute Gasteiger partial charge is 0.333 e. The summed E-state index contributed by atoms with van der Waals surface area (Å²) in [5, 5.41) is 0. The van der Waals surface area contributed by atoms with E-state index >= 15 is 0 Å². The third kappa shape index (κ3) is 10.1. The van der Waals surface area contributed by atoms with Gasteiger partial charge in [0.05, 0.1) is 6.10 Å². The van der Waals surface area contributed by atoms with E-state index in [2.05, 4.69) is 14.8 Å². The highest BCUT2D eigenvalue weighted by Crippen LogP contribution is 2.43. The molecule has 0 aromatic carbocycles. The van der Waals surface area contributed by atoms with Gasteiger partial charge in [-0.25, -0.2) is 4.57 Å². The highest BCUT2D eigenvalue weighted by Gasteiger charge is 2.19. The number of phosphoric ester groups is 1. The zero-order chi connectivity index (χ0) is 9.49. The molecule has 6 heteroatoms. The van der Waals surface area contributed by atoms with Gasteiger partial charge in [-0.15, -0.1) is 0 Å². The molecule has 5 nitrogen and oxygen atoms in total. The van der Waals surface area contributed by atoms with Crippen LogP contribution >= 0.6 is 7.82 Å². The van der Waals surface area contributed by atoms with E-state index in [0.717, 1.165) is 7.11 Å². The summed E-state index contributed by atoms with van der Waals surface area (Å²) < 4.78 is 19.1. The Morgan fingerprint density at radius 3 is 1.91 bits per heavy atom. The van der Waals surface area contributed by atoms with Crippen molar-refractivity contribution in [3.8, 4) is 0 Å². The SMILES string of the molecule is CN.COP(=O)(O)OC(C)C. The van der Waals surface area contributed by atoms with E-state index < -0.39 is 7.82 Å². The fourth-order valence-electron chi connectivity index (χ4n) is 0.309. The maximum atomic E-state index is 10.5. The molecule has 1 unspecified atom stereocenters. The van der Waals surface area contributed by atoms with E-state index in [-0.39, 0.29) is 6.10 Å². The Kier molecular flexibility index (Phi) is 8.39. The first-order chi connectivity index (χ1) is 4.98. The van der Waals surface area contributed by atoms with Gasteiger partial charge in [-0.2, -0.15) is 0 Å². The van der Waals surface area contributed by atoms with Crippen LogP contribution in [0.3, 0.4) is 0 Å². The molecule has 0 aliphatic heterocycles. The molecule has 0 aliphatic rings. The van der Waals surface area contributed by atoms with Crippen molar-refractivity contribution in [1.82, 2.24) is 0 Å². The average molecular weight is 185 g/mol. The summed E-state index contributed by atoms with van der Waals surface area (Å²) in [4.78, 5) is 8.60. The number of phosphoric acid groups is 1. The Morgan fingerprint density at radius 2 is 1.82 bits per heavy atom. The normalized spacial score (nSPS) is 15.2. The van der Waals surface area contributed by atoms with Crippen LogP contribution in [-0.2, 0) is 13.6 Å². The fourth-order valence-corrected chi connectivity index (χ4v) is 0.928. The molecule has 0 spiro atoms. The van der Waals surface area contributed by atoms with E-state index in [1.165, 1.54) is 7.05 Å². The zero-order valence-electron chi connectivity index (χ0n) is 7.27. The van der Waals surface area contributed by atoms with Gasteiger partial charge in [-0.05, 0) is 20.9 Å². The van der Waals surface area contributed by atoms with Crippen molar-refractivity contribution in [3.63, 3.8) is 0 Å². The second-order valence-electron chi connectivity index (χ2n) is 1.81. The minimum atomic E-state index is -3.73. The zero-order valence-corrected chi connectivity index (χ0v) is 8.17. The summed E-state index contributed by atoms with van der Waals surface area (Å²) in [6, 6.07) is 0. The number of hydrogen-bond acceptors (Lipinski definition) is 4. The molecule has 0 aromatic heterocycles. The molecule has 0 amide bonds. The molecule has 0 heterocycles. The van der Waals surface area contributed by atoms with Gasteiger partial charge in [0.1, 0.15) is 0 Å². The van der Waals surface area contributed by atoms with Crippen molar-refractivity contribution >= 4 is 7.82 Å². The molecule has 0 rings (SSSR count). The van der Waals surface area contributed by atoms with Crippen LogP contribution in [0.1, 0.15) is 13.8 Å². The molecule has 11 heavy (non-hydrogen) atoms. The van der Waals surface area contributed by atoms with Crippen LogP contribution in [-0.4, -0.2) is 25.2 Å². The van der Waals surface area contributed by atoms with Crippen molar-refractivity contribution < 1.29 is 18.5 Å². The number of hydrogen-bond donors (Lipinski definition) is 2. The second-order valence-corrected chi connectivity index (χ2v) is 3.32. The van der Waals surface area contributed by atoms with Crippen LogP contribution in [0.5, 0.6) is 0 Å². The molecular formula is C5H16NO4P. The van der Waals surface area contributed by atoms with Crippen LogP contribution in [0.25, 0.3) is 0 Å². The highest BCUT2D eigenvalue weighted by atomic mass is 31.2. The van der Waals surface area contributed by atoms with Gasteiger partial charge in [0.2, 0.25) is 0 Å². The van der Waals surface area contributed by atoms with Crippen molar-refractivity contribution in [1.29, 1.82) is 0 Å². The number of rotatable bonds is 3. The first-order valence-electron chi connectivity index (χ1n) is 3.12. The van der Waals surface area contributed by atoms with Gasteiger partial charge in [-0.1, -0.05) is 0 Å². The maximum absolute atomic E-state index is 10.5. The third-order valence-corrected chi connectivity index (χ3v) is 1.72. The van der Waals surface area contributed by atoms with Crippen LogP contribution in [0.2, 0.25) is 0 Å². The largest absolute Gasteiger partial charge is 0.472 e. The predicted molar refractivity (Wildman–Crippen MR) is 43.2 cm³/mol. The summed E-state index contributed by atoms with van der Waals surface area (Å²) >= 11 is 0. The number of nitrogens with two attached hydrogens (primary N) is 1. The first-order valence-corrected chi connectivity index (χ1v) is 4.62. The van der Waals surface area contributed by atoms with Crippen molar-refractivity contribution in [2.24, 2.45) is 5.73 Å². The van der Waals surface area contributed by atoms with Gasteiger partial charge in [0, 0.05) is 7.11 Å². The average Bonchev–Trinajstić information content (AvgIpc) is 1.90. The van der Waals surface area contributed by atoms with E-state index in [9.17, 15) is 4.57 Å². The first kappa shape index (κ1) is 13.6. The van der Waals surface area contributed by atoms with Crippen molar-refractivity contribution in [3.05, 3.63) is 0 Å². The predicted octanol–water partition coefficient (Wildman–Crippen LogP) is 0.733. The van der Waals surface area contributed by atoms with Crippen LogP contribution in [0.15, 0.2) is 0 Å². The van der Waals surface area contributed by atoms with Gasteiger partial charge < -0.3 is 10.6 Å². The van der Waals surface area contributed by atoms with E-state index in [4.69, 9.17) is 4.89 Å². The second kappa shape index (κ2) is 6.76. The van der Waals surface area contributed by atoms with Gasteiger partial charge in [0.25, 0.3) is 0 Å². The summed E-state index contributed by atoms with van der Waals surface area (Å²) in [6.07, 6.45) is -0.291.